The molecule has 0 bridgehead atoms. The maximum absolute atomic E-state index is 9.57. The minimum atomic E-state index is -1.42. The zero-order valence-corrected chi connectivity index (χ0v) is 7.81. The molecule has 1 aromatic carbocycles. The summed E-state index contributed by atoms with van der Waals surface area (Å²) in [7, 11) is 0. The molecule has 14 heavy (non-hydrogen) atoms. The first kappa shape index (κ1) is 10.5. The molecule has 4 nitrogen and oxygen atoms in total. The van der Waals surface area contributed by atoms with Crippen LogP contribution in [0.5, 0.6) is 0 Å². The summed E-state index contributed by atoms with van der Waals surface area (Å²) >= 11 is 0. The molecule has 0 amide bonds. The van der Waals surface area contributed by atoms with Gasteiger partial charge in [0.25, 0.3) is 0 Å². The number of benzene rings is 1. The summed E-state index contributed by atoms with van der Waals surface area (Å²) < 4.78 is 0. The zero-order valence-electron chi connectivity index (χ0n) is 7.81. The molecule has 2 atom stereocenters. The maximum atomic E-state index is 9.57. The van der Waals surface area contributed by atoms with E-state index >= 15 is 0 Å². The summed E-state index contributed by atoms with van der Waals surface area (Å²) in [6.45, 7) is 1.78. The molecular weight excluding hydrogens is 180 g/mol. The average Bonchev–Trinajstić information content (AvgIpc) is 2.19. The quantitative estimate of drug-likeness (QED) is 0.470. The van der Waals surface area contributed by atoms with Gasteiger partial charge in [-0.3, -0.25) is 0 Å². The standard InChI is InChI=1S/C10H12N2O2/c1-6-2-3-7(12)4-8(6)10(14)9(13)5-11/h2-4,9-10,13-14H,12H2,1H3. The fraction of sp³-hybridized carbons (Fsp3) is 0.300. The van der Waals surface area contributed by atoms with E-state index in [0.717, 1.165) is 5.56 Å². The third-order valence-electron chi connectivity index (χ3n) is 2.05. The number of aliphatic hydroxyl groups excluding tert-OH is 2. The van der Waals surface area contributed by atoms with Gasteiger partial charge in [-0.1, -0.05) is 6.07 Å². The van der Waals surface area contributed by atoms with Crippen LogP contribution in [0.1, 0.15) is 17.2 Å². The Hall–Kier alpha value is -1.57. The van der Waals surface area contributed by atoms with Crippen molar-refractivity contribution in [2.75, 3.05) is 5.73 Å². The van der Waals surface area contributed by atoms with Gasteiger partial charge >= 0.3 is 0 Å². The van der Waals surface area contributed by atoms with Gasteiger partial charge in [-0.2, -0.15) is 5.26 Å². The van der Waals surface area contributed by atoms with Crippen LogP contribution in [0.25, 0.3) is 0 Å². The molecule has 2 unspecified atom stereocenters. The van der Waals surface area contributed by atoms with Crippen molar-refractivity contribution in [2.45, 2.75) is 19.1 Å². The molecule has 0 aromatic heterocycles. The third-order valence-corrected chi connectivity index (χ3v) is 2.05. The summed E-state index contributed by atoms with van der Waals surface area (Å²) in [4.78, 5) is 0. The fourth-order valence-electron chi connectivity index (χ4n) is 1.22. The lowest BCUT2D eigenvalue weighted by atomic mass is 9.99. The van der Waals surface area contributed by atoms with Crippen molar-refractivity contribution >= 4 is 5.69 Å². The van der Waals surface area contributed by atoms with Crippen LogP contribution >= 0.6 is 0 Å². The fourth-order valence-corrected chi connectivity index (χ4v) is 1.22. The van der Waals surface area contributed by atoms with Gasteiger partial charge in [-0.25, -0.2) is 0 Å². The van der Waals surface area contributed by atoms with Crippen molar-refractivity contribution < 1.29 is 10.2 Å². The topological polar surface area (TPSA) is 90.3 Å². The summed E-state index contributed by atoms with van der Waals surface area (Å²) in [6, 6.07) is 6.56. The highest BCUT2D eigenvalue weighted by molar-refractivity contribution is 5.45. The molecule has 0 saturated carbocycles. The van der Waals surface area contributed by atoms with Crippen LogP contribution in [0.3, 0.4) is 0 Å². The van der Waals surface area contributed by atoms with Crippen LogP contribution in [-0.4, -0.2) is 16.3 Å². The molecular formula is C10H12N2O2. The normalized spacial score (nSPS) is 14.4. The van der Waals surface area contributed by atoms with E-state index in [2.05, 4.69) is 0 Å². The Labute approximate surface area is 82.2 Å². The SMILES string of the molecule is Cc1ccc(N)cc1C(O)C(O)C#N. The van der Waals surface area contributed by atoms with Crippen molar-refractivity contribution in [2.24, 2.45) is 0 Å². The Morgan fingerprint density at radius 1 is 1.43 bits per heavy atom. The lowest BCUT2D eigenvalue weighted by molar-refractivity contribution is 0.0524. The smallest absolute Gasteiger partial charge is 0.170 e. The molecule has 4 heteroatoms. The second kappa shape index (κ2) is 4.09. The molecule has 74 valence electrons. The molecule has 0 heterocycles. The molecule has 0 aliphatic rings. The monoisotopic (exact) mass is 192 g/mol. The molecule has 0 aliphatic carbocycles. The van der Waals surface area contributed by atoms with Crippen LogP contribution in [0, 0.1) is 18.3 Å². The van der Waals surface area contributed by atoms with Crippen LogP contribution in [0.4, 0.5) is 5.69 Å². The molecule has 0 fully saturated rings. The predicted molar refractivity (Wildman–Crippen MR) is 52.2 cm³/mol. The van der Waals surface area contributed by atoms with Crippen molar-refractivity contribution in [1.82, 2.24) is 0 Å². The van der Waals surface area contributed by atoms with E-state index in [1.165, 1.54) is 0 Å². The number of hydrogen-bond donors (Lipinski definition) is 3. The number of nitrogen functional groups attached to an aromatic ring is 1. The number of nitrogens with two attached hydrogens (primary N) is 1. The van der Waals surface area contributed by atoms with Crippen molar-refractivity contribution in [3.05, 3.63) is 29.3 Å². The minimum Gasteiger partial charge on any atom is -0.399 e. The Bertz CT molecular complexity index is 371. The molecule has 0 aliphatic heterocycles. The van der Waals surface area contributed by atoms with Gasteiger partial charge < -0.3 is 15.9 Å². The van der Waals surface area contributed by atoms with E-state index in [1.807, 2.05) is 0 Å². The number of nitrogens with zero attached hydrogens (tertiary/aromatic N) is 1. The number of hydrogen-bond acceptors (Lipinski definition) is 4. The highest BCUT2D eigenvalue weighted by Gasteiger charge is 2.19. The van der Waals surface area contributed by atoms with Gasteiger partial charge in [0.1, 0.15) is 6.10 Å². The summed E-state index contributed by atoms with van der Waals surface area (Å²) in [5.74, 6) is 0. The van der Waals surface area contributed by atoms with Crippen LogP contribution < -0.4 is 5.73 Å². The Morgan fingerprint density at radius 3 is 2.64 bits per heavy atom. The van der Waals surface area contributed by atoms with Gasteiger partial charge in [0.05, 0.1) is 6.07 Å². The first-order valence-corrected chi connectivity index (χ1v) is 4.18. The maximum Gasteiger partial charge on any atom is 0.170 e. The molecule has 4 N–H and O–H groups in total. The highest BCUT2D eigenvalue weighted by atomic mass is 16.3. The van der Waals surface area contributed by atoms with Crippen molar-refractivity contribution in [3.8, 4) is 6.07 Å². The van der Waals surface area contributed by atoms with Crippen LogP contribution in [0.15, 0.2) is 18.2 Å². The number of anilines is 1. The first-order valence-electron chi connectivity index (χ1n) is 4.18. The van der Waals surface area contributed by atoms with Crippen molar-refractivity contribution in [3.63, 3.8) is 0 Å². The summed E-state index contributed by atoms with van der Waals surface area (Å²) in [5, 5.41) is 27.1. The van der Waals surface area contributed by atoms with Gasteiger partial charge in [0, 0.05) is 5.69 Å². The van der Waals surface area contributed by atoms with Crippen LogP contribution in [0.2, 0.25) is 0 Å². The van der Waals surface area contributed by atoms with Crippen molar-refractivity contribution in [1.29, 1.82) is 5.26 Å². The molecule has 1 rings (SSSR count). The van der Waals surface area contributed by atoms with Gasteiger partial charge in [0.2, 0.25) is 0 Å². The van der Waals surface area contributed by atoms with Gasteiger partial charge in [-0.05, 0) is 30.2 Å². The number of nitriles is 1. The second-order valence-corrected chi connectivity index (χ2v) is 3.13. The van der Waals surface area contributed by atoms with E-state index in [0.29, 0.717) is 11.3 Å². The summed E-state index contributed by atoms with van der Waals surface area (Å²) in [5.41, 5.74) is 7.30. The molecule has 0 spiro atoms. The van der Waals surface area contributed by atoms with E-state index in [9.17, 15) is 5.11 Å². The van der Waals surface area contributed by atoms with Crippen LogP contribution in [-0.2, 0) is 0 Å². The highest BCUT2D eigenvalue weighted by Crippen LogP contribution is 2.22. The second-order valence-electron chi connectivity index (χ2n) is 3.13. The Kier molecular flexibility index (Phi) is 3.07. The Morgan fingerprint density at radius 2 is 2.07 bits per heavy atom. The number of rotatable bonds is 2. The van der Waals surface area contributed by atoms with E-state index in [-0.39, 0.29) is 0 Å². The van der Waals surface area contributed by atoms with E-state index < -0.39 is 12.2 Å². The number of aryl methyl sites for hydroxylation is 1. The van der Waals surface area contributed by atoms with Gasteiger partial charge in [-0.15, -0.1) is 0 Å². The van der Waals surface area contributed by atoms with E-state index in [4.69, 9.17) is 16.1 Å². The third kappa shape index (κ3) is 2.02. The summed E-state index contributed by atoms with van der Waals surface area (Å²) in [6.07, 6.45) is -2.63. The molecule has 0 radical (unpaired) electrons. The molecule has 0 saturated heterocycles. The van der Waals surface area contributed by atoms with E-state index in [1.54, 1.807) is 31.2 Å². The first-order chi connectivity index (χ1) is 6.56. The lowest BCUT2D eigenvalue weighted by Crippen LogP contribution is -2.16. The predicted octanol–water partition coefficient (Wildman–Crippen LogP) is 0.495. The Balaban J connectivity index is 3.07. The zero-order chi connectivity index (χ0) is 10.7. The molecule has 1 aromatic rings. The average molecular weight is 192 g/mol. The lowest BCUT2D eigenvalue weighted by Gasteiger charge is -2.15. The number of aliphatic hydroxyl groups is 2. The largest absolute Gasteiger partial charge is 0.399 e. The minimum absolute atomic E-state index is 0.485. The van der Waals surface area contributed by atoms with Gasteiger partial charge in [0.15, 0.2) is 6.10 Å².